The van der Waals surface area contributed by atoms with Crippen LogP contribution in [0.4, 0.5) is 8.78 Å². The molecule has 25 heavy (non-hydrogen) atoms. The molecule has 0 bridgehead atoms. The smallest absolute Gasteiger partial charge is 0.223 e. The largest absolute Gasteiger partial charge is 0.370 e. The molecule has 1 aliphatic heterocycles. The number of hydrogen-bond donors (Lipinski definition) is 0. The number of halogens is 2. The zero-order valence-corrected chi connectivity index (χ0v) is 14.1. The van der Waals surface area contributed by atoms with E-state index in [1.807, 2.05) is 6.92 Å². The van der Waals surface area contributed by atoms with Crippen molar-refractivity contribution in [3.63, 3.8) is 0 Å². The number of rotatable bonds is 4. The van der Waals surface area contributed by atoms with Gasteiger partial charge < -0.3 is 9.64 Å². The summed E-state index contributed by atoms with van der Waals surface area (Å²) >= 11 is 0. The molecule has 0 aromatic heterocycles. The first-order chi connectivity index (χ1) is 12.0. The molecule has 1 fully saturated rings. The first-order valence-corrected chi connectivity index (χ1v) is 8.44. The van der Waals surface area contributed by atoms with Crippen LogP contribution in [0.2, 0.25) is 0 Å². The van der Waals surface area contributed by atoms with Gasteiger partial charge in [0.05, 0.1) is 13.2 Å². The molecule has 0 radical (unpaired) electrons. The normalized spacial score (nSPS) is 18.8. The lowest BCUT2D eigenvalue weighted by molar-refractivity contribution is -0.139. The highest BCUT2D eigenvalue weighted by molar-refractivity contribution is 5.77. The second-order valence-corrected chi connectivity index (χ2v) is 6.38. The van der Waals surface area contributed by atoms with Gasteiger partial charge in [0.25, 0.3) is 0 Å². The van der Waals surface area contributed by atoms with Gasteiger partial charge in [-0.25, -0.2) is 8.78 Å². The fraction of sp³-hybridized carbons (Fsp3) is 0.350. The highest BCUT2D eigenvalue weighted by Gasteiger charge is 2.27. The number of hydrogen-bond acceptors (Lipinski definition) is 2. The number of morpholine rings is 1. The molecule has 0 N–H and O–H groups in total. The maximum atomic E-state index is 14.0. The molecule has 1 heterocycles. The monoisotopic (exact) mass is 345 g/mol. The van der Waals surface area contributed by atoms with E-state index in [4.69, 9.17) is 4.74 Å². The van der Waals surface area contributed by atoms with Crippen molar-refractivity contribution in [1.82, 2.24) is 4.90 Å². The van der Waals surface area contributed by atoms with Gasteiger partial charge >= 0.3 is 0 Å². The van der Waals surface area contributed by atoms with E-state index in [0.29, 0.717) is 31.7 Å². The molecule has 0 spiro atoms. The Hall–Kier alpha value is -2.27. The van der Waals surface area contributed by atoms with Crippen LogP contribution in [-0.2, 0) is 9.53 Å². The van der Waals surface area contributed by atoms with Crippen LogP contribution in [0, 0.1) is 11.6 Å². The Morgan fingerprint density at radius 2 is 1.92 bits per heavy atom. The molecule has 1 aliphatic rings. The summed E-state index contributed by atoms with van der Waals surface area (Å²) in [7, 11) is 0. The van der Waals surface area contributed by atoms with Crippen LogP contribution < -0.4 is 0 Å². The average molecular weight is 345 g/mol. The molecule has 2 unspecified atom stereocenters. The van der Waals surface area contributed by atoms with Crippen LogP contribution in [0.1, 0.15) is 36.5 Å². The number of nitrogens with zero attached hydrogens (tertiary/aromatic N) is 1. The topological polar surface area (TPSA) is 29.5 Å². The van der Waals surface area contributed by atoms with E-state index in [1.54, 1.807) is 35.2 Å². The van der Waals surface area contributed by atoms with E-state index < -0.39 is 6.10 Å². The quantitative estimate of drug-likeness (QED) is 0.836. The summed E-state index contributed by atoms with van der Waals surface area (Å²) in [5.74, 6) is -0.617. The van der Waals surface area contributed by atoms with Crippen molar-refractivity contribution in [2.45, 2.75) is 25.4 Å². The second kappa shape index (κ2) is 7.74. The van der Waals surface area contributed by atoms with Crippen LogP contribution in [0.15, 0.2) is 48.5 Å². The maximum absolute atomic E-state index is 14.0. The van der Waals surface area contributed by atoms with Gasteiger partial charge in [-0.3, -0.25) is 4.79 Å². The Morgan fingerprint density at radius 1 is 1.20 bits per heavy atom. The molecular weight excluding hydrogens is 324 g/mol. The predicted molar refractivity (Wildman–Crippen MR) is 91.1 cm³/mol. The van der Waals surface area contributed by atoms with Gasteiger partial charge in [-0.05, 0) is 29.7 Å². The van der Waals surface area contributed by atoms with E-state index in [9.17, 15) is 13.6 Å². The summed E-state index contributed by atoms with van der Waals surface area (Å²) in [5.41, 5.74) is 1.40. The molecule has 0 aliphatic carbocycles. The fourth-order valence-corrected chi connectivity index (χ4v) is 3.10. The van der Waals surface area contributed by atoms with Crippen molar-refractivity contribution in [2.75, 3.05) is 19.7 Å². The number of carbonyl (C=O) groups excluding carboxylic acids is 1. The van der Waals surface area contributed by atoms with E-state index in [2.05, 4.69) is 0 Å². The number of benzene rings is 2. The minimum Gasteiger partial charge on any atom is -0.370 e. The molecule has 3 nitrogen and oxygen atoms in total. The van der Waals surface area contributed by atoms with Crippen molar-refractivity contribution in [1.29, 1.82) is 0 Å². The van der Waals surface area contributed by atoms with Gasteiger partial charge in [0.2, 0.25) is 5.91 Å². The summed E-state index contributed by atoms with van der Waals surface area (Å²) in [6, 6.07) is 12.7. The summed E-state index contributed by atoms with van der Waals surface area (Å²) < 4.78 is 32.6. The van der Waals surface area contributed by atoms with Crippen LogP contribution >= 0.6 is 0 Å². The molecule has 1 amide bonds. The van der Waals surface area contributed by atoms with Crippen molar-refractivity contribution >= 4 is 5.91 Å². The summed E-state index contributed by atoms with van der Waals surface area (Å²) in [6.45, 7) is 3.17. The minimum absolute atomic E-state index is 0.00136. The van der Waals surface area contributed by atoms with Gasteiger partial charge in [-0.15, -0.1) is 0 Å². The van der Waals surface area contributed by atoms with Crippen LogP contribution in [-0.4, -0.2) is 30.5 Å². The lowest BCUT2D eigenvalue weighted by Gasteiger charge is -2.34. The lowest BCUT2D eigenvalue weighted by Crippen LogP contribution is -2.42. The molecule has 0 saturated carbocycles. The molecule has 1 saturated heterocycles. The third-order valence-electron chi connectivity index (χ3n) is 4.59. The third kappa shape index (κ3) is 4.23. The van der Waals surface area contributed by atoms with Gasteiger partial charge in [-0.2, -0.15) is 0 Å². The van der Waals surface area contributed by atoms with Gasteiger partial charge in [0.15, 0.2) is 0 Å². The van der Waals surface area contributed by atoms with Crippen molar-refractivity contribution < 1.29 is 18.3 Å². The maximum Gasteiger partial charge on any atom is 0.223 e. The van der Waals surface area contributed by atoms with E-state index >= 15 is 0 Å². The Kier molecular flexibility index (Phi) is 5.43. The zero-order valence-electron chi connectivity index (χ0n) is 14.1. The van der Waals surface area contributed by atoms with Crippen molar-refractivity contribution in [3.05, 3.63) is 71.3 Å². The van der Waals surface area contributed by atoms with Crippen molar-refractivity contribution in [3.8, 4) is 0 Å². The molecule has 2 aromatic carbocycles. The first kappa shape index (κ1) is 17.5. The molecule has 5 heteroatoms. The summed E-state index contributed by atoms with van der Waals surface area (Å²) in [4.78, 5) is 14.3. The molecule has 132 valence electrons. The fourth-order valence-electron chi connectivity index (χ4n) is 3.10. The predicted octanol–water partition coefficient (Wildman–Crippen LogP) is 4.06. The highest BCUT2D eigenvalue weighted by atomic mass is 19.1. The standard InChI is InChI=1S/C20H21F2NO2/c1-14(15-6-8-16(21)9-7-15)12-20(24)23-10-11-25-19(13-23)17-4-2-3-5-18(17)22/h2-9,14,19H,10-13H2,1H3. The molecule has 2 atom stereocenters. The number of ether oxygens (including phenoxy) is 1. The molecule has 2 aromatic rings. The summed E-state index contributed by atoms with van der Waals surface area (Å²) in [6.07, 6.45) is -0.115. The Bertz CT molecular complexity index is 733. The van der Waals surface area contributed by atoms with Gasteiger partial charge in [-0.1, -0.05) is 37.3 Å². The SMILES string of the molecule is CC(CC(=O)N1CCOC(c2ccccc2F)C1)c1ccc(F)cc1. The Morgan fingerprint density at radius 3 is 2.64 bits per heavy atom. The average Bonchev–Trinajstić information content (AvgIpc) is 2.62. The van der Waals surface area contributed by atoms with E-state index in [-0.39, 0.29) is 23.5 Å². The number of carbonyl (C=O) groups is 1. The number of amides is 1. The van der Waals surface area contributed by atoms with E-state index in [0.717, 1.165) is 5.56 Å². The van der Waals surface area contributed by atoms with Crippen LogP contribution in [0.3, 0.4) is 0 Å². The van der Waals surface area contributed by atoms with Gasteiger partial charge in [0, 0.05) is 18.5 Å². The lowest BCUT2D eigenvalue weighted by atomic mass is 9.97. The zero-order chi connectivity index (χ0) is 17.8. The second-order valence-electron chi connectivity index (χ2n) is 6.38. The Labute approximate surface area is 146 Å². The molecule has 3 rings (SSSR count). The van der Waals surface area contributed by atoms with Gasteiger partial charge in [0.1, 0.15) is 17.7 Å². The third-order valence-corrected chi connectivity index (χ3v) is 4.59. The molecular formula is C20H21F2NO2. The summed E-state index contributed by atoms with van der Waals surface area (Å²) in [5, 5.41) is 0. The van der Waals surface area contributed by atoms with E-state index in [1.165, 1.54) is 18.2 Å². The first-order valence-electron chi connectivity index (χ1n) is 8.44. The minimum atomic E-state index is -0.444. The Balaban J connectivity index is 1.64. The highest BCUT2D eigenvalue weighted by Crippen LogP contribution is 2.26. The van der Waals surface area contributed by atoms with Crippen molar-refractivity contribution in [2.24, 2.45) is 0 Å². The van der Waals surface area contributed by atoms with Crippen LogP contribution in [0.25, 0.3) is 0 Å². The van der Waals surface area contributed by atoms with Crippen LogP contribution in [0.5, 0.6) is 0 Å².